The van der Waals surface area contributed by atoms with E-state index in [-0.39, 0.29) is 10.6 Å². The van der Waals surface area contributed by atoms with Gasteiger partial charge in [-0.3, -0.25) is 4.72 Å². The summed E-state index contributed by atoms with van der Waals surface area (Å²) in [4.78, 5) is -0.267. The molecule has 0 spiro atoms. The van der Waals surface area contributed by atoms with Crippen LogP contribution in [0.1, 0.15) is 12.5 Å². The molecule has 23 heavy (non-hydrogen) atoms. The fourth-order valence-electron chi connectivity index (χ4n) is 1.86. The van der Waals surface area contributed by atoms with E-state index in [1.165, 1.54) is 6.07 Å². The Morgan fingerprint density at radius 1 is 1.04 bits per heavy atom. The van der Waals surface area contributed by atoms with Gasteiger partial charge in [-0.25, -0.2) is 8.42 Å². The molecule has 0 saturated carbocycles. The lowest BCUT2D eigenvalue weighted by molar-refractivity contribution is -0.137. The van der Waals surface area contributed by atoms with E-state index in [0.717, 1.165) is 24.3 Å². The first-order valence-corrected chi connectivity index (χ1v) is 8.14. The van der Waals surface area contributed by atoms with Gasteiger partial charge in [0.1, 0.15) is 5.75 Å². The lowest BCUT2D eigenvalue weighted by atomic mass is 10.2. The molecule has 2 aromatic carbocycles. The molecule has 0 amide bonds. The average molecular weight is 345 g/mol. The van der Waals surface area contributed by atoms with Crippen LogP contribution in [0.4, 0.5) is 18.9 Å². The fraction of sp³-hybridized carbons (Fsp3) is 0.200. The number of anilines is 1. The molecule has 0 radical (unpaired) electrons. The number of sulfonamides is 1. The Hall–Kier alpha value is -2.22. The molecule has 8 heteroatoms. The number of hydrogen-bond donors (Lipinski definition) is 1. The van der Waals surface area contributed by atoms with Gasteiger partial charge in [0.15, 0.2) is 0 Å². The van der Waals surface area contributed by atoms with E-state index in [0.29, 0.717) is 12.4 Å². The summed E-state index contributed by atoms with van der Waals surface area (Å²) in [6.07, 6.45) is -4.52. The summed E-state index contributed by atoms with van der Waals surface area (Å²) in [6.45, 7) is 2.10. The van der Waals surface area contributed by atoms with Gasteiger partial charge in [0.2, 0.25) is 0 Å². The third-order valence-corrected chi connectivity index (χ3v) is 4.30. The molecule has 4 nitrogen and oxygen atoms in total. The Morgan fingerprint density at radius 2 is 1.65 bits per heavy atom. The highest BCUT2D eigenvalue weighted by Gasteiger charge is 2.30. The maximum Gasteiger partial charge on any atom is 0.416 e. The molecule has 124 valence electrons. The minimum atomic E-state index is -4.52. The molecule has 2 rings (SSSR count). The first-order valence-electron chi connectivity index (χ1n) is 6.66. The number of alkyl halides is 3. The number of benzene rings is 2. The van der Waals surface area contributed by atoms with Gasteiger partial charge in [-0.15, -0.1) is 0 Å². The van der Waals surface area contributed by atoms with Crippen molar-refractivity contribution in [2.75, 3.05) is 11.3 Å². The number of hydrogen-bond acceptors (Lipinski definition) is 3. The first-order chi connectivity index (χ1) is 10.7. The first kappa shape index (κ1) is 17.1. The van der Waals surface area contributed by atoms with Gasteiger partial charge in [0.25, 0.3) is 10.0 Å². The second kappa shape index (κ2) is 6.49. The second-order valence-corrected chi connectivity index (χ2v) is 6.24. The van der Waals surface area contributed by atoms with E-state index in [4.69, 9.17) is 4.74 Å². The van der Waals surface area contributed by atoms with Crippen molar-refractivity contribution < 1.29 is 26.3 Å². The van der Waals surface area contributed by atoms with Crippen LogP contribution in [0.2, 0.25) is 0 Å². The highest BCUT2D eigenvalue weighted by Crippen LogP contribution is 2.31. The van der Waals surface area contributed by atoms with Gasteiger partial charge >= 0.3 is 6.18 Å². The third kappa shape index (κ3) is 4.16. The minimum absolute atomic E-state index is 0.217. The Morgan fingerprint density at radius 3 is 2.22 bits per heavy atom. The van der Waals surface area contributed by atoms with Gasteiger partial charge in [-0.05, 0) is 43.3 Å². The molecule has 0 saturated heterocycles. The van der Waals surface area contributed by atoms with Gasteiger partial charge in [-0.2, -0.15) is 13.2 Å². The van der Waals surface area contributed by atoms with Gasteiger partial charge < -0.3 is 4.74 Å². The van der Waals surface area contributed by atoms with Crippen molar-refractivity contribution in [1.29, 1.82) is 0 Å². The predicted molar refractivity (Wildman–Crippen MR) is 79.9 cm³/mol. The Bertz CT molecular complexity index is 771. The smallest absolute Gasteiger partial charge is 0.416 e. The highest BCUT2D eigenvalue weighted by atomic mass is 32.2. The van der Waals surface area contributed by atoms with Crippen molar-refractivity contribution in [3.63, 3.8) is 0 Å². The van der Waals surface area contributed by atoms with Crippen LogP contribution in [0.3, 0.4) is 0 Å². The van der Waals surface area contributed by atoms with Crippen molar-refractivity contribution in [3.8, 4) is 5.75 Å². The number of nitrogens with one attached hydrogen (secondary N) is 1. The molecule has 0 aliphatic rings. The molecule has 0 unspecified atom stereocenters. The van der Waals surface area contributed by atoms with E-state index in [1.54, 1.807) is 25.1 Å². The second-order valence-electron chi connectivity index (χ2n) is 4.56. The van der Waals surface area contributed by atoms with E-state index >= 15 is 0 Å². The quantitative estimate of drug-likeness (QED) is 0.894. The maximum absolute atomic E-state index is 12.5. The predicted octanol–water partition coefficient (Wildman–Crippen LogP) is 3.90. The lowest BCUT2D eigenvalue weighted by Gasteiger charge is -2.13. The molecule has 0 bridgehead atoms. The largest absolute Gasteiger partial charge is 0.492 e. The van der Waals surface area contributed by atoms with E-state index < -0.39 is 21.8 Å². The van der Waals surface area contributed by atoms with Crippen LogP contribution in [0, 0.1) is 0 Å². The molecule has 0 heterocycles. The Kier molecular flexibility index (Phi) is 4.84. The normalized spacial score (nSPS) is 12.0. The van der Waals surface area contributed by atoms with Crippen LogP contribution in [-0.2, 0) is 16.2 Å². The third-order valence-electron chi connectivity index (χ3n) is 2.92. The zero-order chi connectivity index (χ0) is 17.1. The zero-order valence-corrected chi connectivity index (χ0v) is 12.9. The molecule has 0 aliphatic heterocycles. The van der Waals surface area contributed by atoms with Crippen molar-refractivity contribution >= 4 is 15.7 Å². The summed E-state index contributed by atoms with van der Waals surface area (Å²) in [7, 11) is -4.01. The maximum atomic E-state index is 12.5. The van der Waals surface area contributed by atoms with Crippen molar-refractivity contribution in [3.05, 3.63) is 54.1 Å². The van der Waals surface area contributed by atoms with Crippen LogP contribution in [-0.4, -0.2) is 15.0 Å². The summed E-state index contributed by atoms with van der Waals surface area (Å²) in [5.74, 6) is 0.338. The summed E-state index contributed by atoms with van der Waals surface area (Å²) in [6, 6.07) is 9.67. The van der Waals surface area contributed by atoms with Gasteiger partial charge in [0.05, 0.1) is 22.8 Å². The molecule has 0 atom stereocenters. The average Bonchev–Trinajstić information content (AvgIpc) is 2.48. The molecule has 0 aliphatic carbocycles. The van der Waals surface area contributed by atoms with Crippen molar-refractivity contribution in [2.45, 2.75) is 18.0 Å². The van der Waals surface area contributed by atoms with Gasteiger partial charge in [0, 0.05) is 0 Å². The fourth-order valence-corrected chi connectivity index (χ4v) is 2.93. The number of rotatable bonds is 5. The standard InChI is InChI=1S/C15H14F3NO3S/c1-2-22-14-6-4-3-5-13(14)19-23(20,21)12-9-7-11(8-10-12)15(16,17)18/h3-10,19H,2H2,1H3. The molecule has 1 N–H and O–H groups in total. The van der Waals surface area contributed by atoms with Crippen LogP contribution < -0.4 is 9.46 Å². The van der Waals surface area contributed by atoms with E-state index in [2.05, 4.69) is 4.72 Å². The van der Waals surface area contributed by atoms with Crippen LogP contribution in [0.25, 0.3) is 0 Å². The highest BCUT2D eigenvalue weighted by molar-refractivity contribution is 7.92. The summed E-state index contributed by atoms with van der Waals surface area (Å²) in [5.41, 5.74) is -0.694. The topological polar surface area (TPSA) is 55.4 Å². The molecule has 0 fully saturated rings. The van der Waals surface area contributed by atoms with E-state index in [1.807, 2.05) is 0 Å². The van der Waals surface area contributed by atoms with Crippen LogP contribution in [0.15, 0.2) is 53.4 Å². The van der Waals surface area contributed by atoms with Crippen LogP contribution >= 0.6 is 0 Å². The monoisotopic (exact) mass is 345 g/mol. The van der Waals surface area contributed by atoms with E-state index in [9.17, 15) is 21.6 Å². The Balaban J connectivity index is 2.29. The minimum Gasteiger partial charge on any atom is -0.492 e. The molecular weight excluding hydrogens is 331 g/mol. The molecular formula is C15H14F3NO3S. The SMILES string of the molecule is CCOc1ccccc1NS(=O)(=O)c1ccc(C(F)(F)F)cc1. The molecule has 2 aromatic rings. The van der Waals surface area contributed by atoms with Crippen molar-refractivity contribution in [1.82, 2.24) is 0 Å². The Labute approximate surface area is 132 Å². The summed E-state index contributed by atoms with van der Waals surface area (Å²) in [5, 5.41) is 0. The number of halogens is 3. The number of para-hydroxylation sites is 2. The summed E-state index contributed by atoms with van der Waals surface area (Å²) < 4.78 is 69.7. The van der Waals surface area contributed by atoms with Crippen LogP contribution in [0.5, 0.6) is 5.75 Å². The lowest BCUT2D eigenvalue weighted by Crippen LogP contribution is -2.14. The number of ether oxygens (including phenoxy) is 1. The zero-order valence-electron chi connectivity index (χ0n) is 12.1. The summed E-state index contributed by atoms with van der Waals surface area (Å²) >= 11 is 0. The van der Waals surface area contributed by atoms with Gasteiger partial charge in [-0.1, -0.05) is 12.1 Å². The molecule has 0 aromatic heterocycles. The van der Waals surface area contributed by atoms with Crippen molar-refractivity contribution in [2.24, 2.45) is 0 Å².